The molecule has 0 aromatic rings. The Morgan fingerprint density at radius 1 is 1.11 bits per heavy atom. The Morgan fingerprint density at radius 3 is 2.28 bits per heavy atom. The number of hydrogen-bond donors (Lipinski definition) is 0. The van der Waals surface area contributed by atoms with E-state index < -0.39 is 0 Å². The molecule has 1 aliphatic carbocycles. The Labute approximate surface area is 109 Å². The van der Waals surface area contributed by atoms with Gasteiger partial charge in [-0.05, 0) is 37.5 Å². The maximum absolute atomic E-state index is 11.4. The van der Waals surface area contributed by atoms with Crippen LogP contribution in [0.2, 0.25) is 0 Å². The van der Waals surface area contributed by atoms with Crippen molar-refractivity contribution in [2.75, 3.05) is 13.1 Å². The van der Waals surface area contributed by atoms with E-state index in [0.29, 0.717) is 18.0 Å². The highest BCUT2D eigenvalue weighted by Crippen LogP contribution is 2.37. The second-order valence-corrected chi connectivity index (χ2v) is 6.49. The molecular formula is C14H24N2O2. The fourth-order valence-corrected chi connectivity index (χ4v) is 3.26. The van der Waals surface area contributed by atoms with Gasteiger partial charge in [-0.25, -0.2) is 0 Å². The van der Waals surface area contributed by atoms with Crippen LogP contribution in [0.1, 0.15) is 46.0 Å². The molecule has 1 aliphatic heterocycles. The molecule has 18 heavy (non-hydrogen) atoms. The summed E-state index contributed by atoms with van der Waals surface area (Å²) < 4.78 is 0. The van der Waals surface area contributed by atoms with E-state index in [1.807, 2.05) is 4.90 Å². The first-order valence-electron chi connectivity index (χ1n) is 6.98. The van der Waals surface area contributed by atoms with Crippen LogP contribution in [0.4, 0.5) is 0 Å². The lowest BCUT2D eigenvalue weighted by atomic mass is 9.75. The Balaban J connectivity index is 1.93. The van der Waals surface area contributed by atoms with Crippen LogP contribution >= 0.6 is 0 Å². The van der Waals surface area contributed by atoms with Crippen LogP contribution in [0.3, 0.4) is 0 Å². The van der Waals surface area contributed by atoms with Gasteiger partial charge in [0.25, 0.3) is 0 Å². The monoisotopic (exact) mass is 252 g/mol. The summed E-state index contributed by atoms with van der Waals surface area (Å²) in [6.45, 7) is 6.11. The molecule has 0 bridgehead atoms. The van der Waals surface area contributed by atoms with Crippen molar-refractivity contribution >= 4 is 12.8 Å². The summed E-state index contributed by atoms with van der Waals surface area (Å²) in [5.74, 6) is 0. The van der Waals surface area contributed by atoms with Crippen LogP contribution in [0.25, 0.3) is 0 Å². The summed E-state index contributed by atoms with van der Waals surface area (Å²) in [6.07, 6.45) is 7.40. The molecule has 4 heteroatoms. The second-order valence-electron chi connectivity index (χ2n) is 6.49. The molecule has 1 saturated heterocycles. The predicted molar refractivity (Wildman–Crippen MR) is 70.0 cm³/mol. The van der Waals surface area contributed by atoms with Crippen molar-refractivity contribution in [1.82, 2.24) is 9.80 Å². The molecule has 0 N–H and O–H groups in total. The van der Waals surface area contributed by atoms with Crippen LogP contribution in [-0.2, 0) is 9.59 Å². The number of carbonyl (C=O) groups is 2. The topological polar surface area (TPSA) is 40.6 Å². The molecule has 4 nitrogen and oxygen atoms in total. The van der Waals surface area contributed by atoms with E-state index in [1.54, 1.807) is 4.90 Å². The molecule has 2 aliphatic rings. The van der Waals surface area contributed by atoms with Crippen molar-refractivity contribution in [3.63, 3.8) is 0 Å². The van der Waals surface area contributed by atoms with Gasteiger partial charge in [-0.1, -0.05) is 13.8 Å². The molecule has 1 atom stereocenters. The third-order valence-corrected chi connectivity index (χ3v) is 4.62. The SMILES string of the molecule is CC1(C)CCC(N(C=O)C2CCN(C=O)C2)CC1. The number of hydrogen-bond acceptors (Lipinski definition) is 2. The minimum absolute atomic E-state index is 0.235. The van der Waals surface area contributed by atoms with Gasteiger partial charge < -0.3 is 9.80 Å². The van der Waals surface area contributed by atoms with Gasteiger partial charge in [0.1, 0.15) is 0 Å². The van der Waals surface area contributed by atoms with Crippen LogP contribution in [0.15, 0.2) is 0 Å². The lowest BCUT2D eigenvalue weighted by Crippen LogP contribution is -2.46. The molecule has 1 heterocycles. The number of amides is 2. The quantitative estimate of drug-likeness (QED) is 0.714. The third kappa shape index (κ3) is 2.85. The van der Waals surface area contributed by atoms with Crippen LogP contribution in [-0.4, -0.2) is 47.8 Å². The minimum Gasteiger partial charge on any atom is -0.343 e. The minimum atomic E-state index is 0.235. The van der Waals surface area contributed by atoms with E-state index in [1.165, 1.54) is 12.8 Å². The smallest absolute Gasteiger partial charge is 0.210 e. The molecule has 2 fully saturated rings. The Hall–Kier alpha value is -1.06. The van der Waals surface area contributed by atoms with Crippen molar-refractivity contribution in [3.05, 3.63) is 0 Å². The molecule has 102 valence electrons. The highest BCUT2D eigenvalue weighted by Gasteiger charge is 2.34. The largest absolute Gasteiger partial charge is 0.343 e. The van der Waals surface area contributed by atoms with Crippen LogP contribution in [0.5, 0.6) is 0 Å². The number of carbonyl (C=O) groups excluding carboxylic acids is 2. The van der Waals surface area contributed by atoms with E-state index >= 15 is 0 Å². The lowest BCUT2D eigenvalue weighted by molar-refractivity contribution is -0.124. The Bertz CT molecular complexity index is 307. The van der Waals surface area contributed by atoms with Crippen molar-refractivity contribution in [3.8, 4) is 0 Å². The molecule has 0 spiro atoms. The average Bonchev–Trinajstić information content (AvgIpc) is 2.81. The zero-order chi connectivity index (χ0) is 13.2. The van der Waals surface area contributed by atoms with Crippen LogP contribution < -0.4 is 0 Å². The third-order valence-electron chi connectivity index (χ3n) is 4.62. The van der Waals surface area contributed by atoms with E-state index in [2.05, 4.69) is 13.8 Å². The van der Waals surface area contributed by atoms with E-state index in [4.69, 9.17) is 0 Å². The lowest BCUT2D eigenvalue weighted by Gasteiger charge is -2.40. The van der Waals surface area contributed by atoms with E-state index in [0.717, 1.165) is 38.6 Å². The standard InChI is InChI=1S/C14H24N2O2/c1-14(2)6-3-12(4-7-14)16(11-18)13-5-8-15(9-13)10-17/h10-13H,3-9H2,1-2H3. The molecule has 2 rings (SSSR count). The fourth-order valence-electron chi connectivity index (χ4n) is 3.26. The maximum Gasteiger partial charge on any atom is 0.210 e. The summed E-state index contributed by atoms with van der Waals surface area (Å²) >= 11 is 0. The van der Waals surface area contributed by atoms with Crippen molar-refractivity contribution < 1.29 is 9.59 Å². The Morgan fingerprint density at radius 2 is 1.78 bits per heavy atom. The molecule has 2 amide bonds. The first kappa shape index (κ1) is 13.4. The number of likely N-dealkylation sites (tertiary alicyclic amines) is 1. The summed E-state index contributed by atoms with van der Waals surface area (Å²) in [6, 6.07) is 0.617. The zero-order valence-electron chi connectivity index (χ0n) is 11.5. The van der Waals surface area contributed by atoms with Gasteiger partial charge in [0, 0.05) is 19.1 Å². The summed E-state index contributed by atoms with van der Waals surface area (Å²) in [5.41, 5.74) is 0.426. The van der Waals surface area contributed by atoms with Gasteiger partial charge >= 0.3 is 0 Å². The molecule has 0 aromatic heterocycles. The molecule has 1 unspecified atom stereocenters. The van der Waals surface area contributed by atoms with Gasteiger partial charge in [-0.2, -0.15) is 0 Å². The van der Waals surface area contributed by atoms with Gasteiger partial charge in [0.15, 0.2) is 0 Å². The zero-order valence-corrected chi connectivity index (χ0v) is 11.5. The number of nitrogens with zero attached hydrogens (tertiary/aromatic N) is 2. The first-order valence-corrected chi connectivity index (χ1v) is 6.98. The van der Waals surface area contributed by atoms with Gasteiger partial charge in [-0.3, -0.25) is 9.59 Å². The summed E-state index contributed by atoms with van der Waals surface area (Å²) in [7, 11) is 0. The normalized spacial score (nSPS) is 28.1. The fraction of sp³-hybridized carbons (Fsp3) is 0.857. The van der Waals surface area contributed by atoms with Crippen LogP contribution in [0, 0.1) is 5.41 Å². The van der Waals surface area contributed by atoms with Crippen molar-refractivity contribution in [1.29, 1.82) is 0 Å². The second kappa shape index (κ2) is 5.29. The van der Waals surface area contributed by atoms with E-state index in [9.17, 15) is 9.59 Å². The number of rotatable bonds is 4. The van der Waals surface area contributed by atoms with Gasteiger partial charge in [-0.15, -0.1) is 0 Å². The molecule has 0 radical (unpaired) electrons. The highest BCUT2D eigenvalue weighted by atomic mass is 16.1. The maximum atomic E-state index is 11.4. The van der Waals surface area contributed by atoms with Crippen molar-refractivity contribution in [2.45, 2.75) is 58.0 Å². The summed E-state index contributed by atoms with van der Waals surface area (Å²) in [4.78, 5) is 25.9. The highest BCUT2D eigenvalue weighted by molar-refractivity contribution is 5.51. The van der Waals surface area contributed by atoms with E-state index in [-0.39, 0.29) is 6.04 Å². The average molecular weight is 252 g/mol. The van der Waals surface area contributed by atoms with Gasteiger partial charge in [0.05, 0.1) is 6.04 Å². The molecular weight excluding hydrogens is 228 g/mol. The van der Waals surface area contributed by atoms with Crippen molar-refractivity contribution in [2.24, 2.45) is 5.41 Å². The molecule has 0 aromatic carbocycles. The molecule has 1 saturated carbocycles. The van der Waals surface area contributed by atoms with Gasteiger partial charge in [0.2, 0.25) is 12.8 Å². The predicted octanol–water partition coefficient (Wildman–Crippen LogP) is 1.64. The Kier molecular flexibility index (Phi) is 3.93. The first-order chi connectivity index (χ1) is 8.55. The summed E-state index contributed by atoms with van der Waals surface area (Å²) in [5, 5.41) is 0.